The Bertz CT molecular complexity index is 1050. The van der Waals surface area contributed by atoms with Gasteiger partial charge in [0.05, 0.1) is 10.6 Å². The summed E-state index contributed by atoms with van der Waals surface area (Å²) in [5, 5.41) is 6.52. The molecule has 0 fully saturated rings. The zero-order valence-electron chi connectivity index (χ0n) is 15.6. The molecule has 1 aliphatic rings. The third-order valence-corrected chi connectivity index (χ3v) is 6.29. The average Bonchev–Trinajstić information content (AvgIpc) is 3.13. The molecule has 0 saturated heterocycles. The first kappa shape index (κ1) is 20.0. The maximum absolute atomic E-state index is 13.4. The van der Waals surface area contributed by atoms with Crippen molar-refractivity contribution in [2.45, 2.75) is 24.3 Å². The molecular weight excluding hydrogens is 385 g/mol. The third-order valence-electron chi connectivity index (χ3n) is 4.33. The molecule has 2 aromatic carbocycles. The highest BCUT2D eigenvalue weighted by Crippen LogP contribution is 2.24. The van der Waals surface area contributed by atoms with Crippen molar-refractivity contribution in [1.82, 2.24) is 4.31 Å². The zero-order chi connectivity index (χ0) is 20.5. The van der Waals surface area contributed by atoms with Gasteiger partial charge in [-0.3, -0.25) is 4.79 Å². The number of hydrogen-bond acceptors (Lipinski definition) is 5. The molecule has 9 heteroatoms. The fourth-order valence-electron chi connectivity index (χ4n) is 2.73. The number of anilines is 1. The van der Waals surface area contributed by atoms with Crippen molar-refractivity contribution in [3.63, 3.8) is 0 Å². The van der Waals surface area contributed by atoms with Crippen LogP contribution in [0.15, 0.2) is 52.5 Å². The van der Waals surface area contributed by atoms with Gasteiger partial charge in [0, 0.05) is 31.8 Å². The first-order chi connectivity index (χ1) is 13.2. The molecular formula is C19H20FN3O4S. The molecule has 3 rings (SSSR count). The normalized spacial score (nSPS) is 16.6. The van der Waals surface area contributed by atoms with Gasteiger partial charge < -0.3 is 10.2 Å². The summed E-state index contributed by atoms with van der Waals surface area (Å²) in [6, 6.07) is 10.5. The SMILES string of the molecule is Cc1ccc(NC(=O)C2CC(c3cccc(F)c3)=NO2)cc1S(=O)(=O)N(C)C. The number of aryl methyl sites for hydroxylation is 1. The van der Waals surface area contributed by atoms with Crippen LogP contribution in [0.3, 0.4) is 0 Å². The molecule has 1 N–H and O–H groups in total. The number of sulfonamides is 1. The van der Waals surface area contributed by atoms with E-state index in [9.17, 15) is 17.6 Å². The van der Waals surface area contributed by atoms with Gasteiger partial charge in [-0.2, -0.15) is 0 Å². The molecule has 0 aromatic heterocycles. The summed E-state index contributed by atoms with van der Waals surface area (Å²) in [4.78, 5) is 17.8. The Hall–Kier alpha value is -2.78. The van der Waals surface area contributed by atoms with Crippen molar-refractivity contribution >= 4 is 27.3 Å². The summed E-state index contributed by atoms with van der Waals surface area (Å²) in [6.45, 7) is 1.68. The van der Waals surface area contributed by atoms with Crippen molar-refractivity contribution in [2.24, 2.45) is 5.16 Å². The molecule has 0 spiro atoms. The van der Waals surface area contributed by atoms with Crippen molar-refractivity contribution in [2.75, 3.05) is 19.4 Å². The van der Waals surface area contributed by atoms with Gasteiger partial charge in [-0.05, 0) is 36.8 Å². The second-order valence-electron chi connectivity index (χ2n) is 6.60. The fourth-order valence-corrected chi connectivity index (χ4v) is 3.88. The Morgan fingerprint density at radius 2 is 2.00 bits per heavy atom. The van der Waals surface area contributed by atoms with Gasteiger partial charge in [-0.1, -0.05) is 23.4 Å². The van der Waals surface area contributed by atoms with Crippen LogP contribution in [0.2, 0.25) is 0 Å². The van der Waals surface area contributed by atoms with Gasteiger partial charge >= 0.3 is 0 Å². The summed E-state index contributed by atoms with van der Waals surface area (Å²) in [7, 11) is -0.757. The lowest BCUT2D eigenvalue weighted by Crippen LogP contribution is -2.28. The van der Waals surface area contributed by atoms with Crippen LogP contribution in [0.5, 0.6) is 0 Å². The lowest BCUT2D eigenvalue weighted by molar-refractivity contribution is -0.125. The number of rotatable bonds is 5. The molecule has 1 atom stereocenters. The largest absolute Gasteiger partial charge is 0.382 e. The minimum Gasteiger partial charge on any atom is -0.382 e. The van der Waals surface area contributed by atoms with E-state index in [4.69, 9.17) is 4.84 Å². The molecule has 148 valence electrons. The predicted molar refractivity (Wildman–Crippen MR) is 103 cm³/mol. The van der Waals surface area contributed by atoms with E-state index < -0.39 is 27.9 Å². The minimum atomic E-state index is -3.64. The monoisotopic (exact) mass is 405 g/mol. The molecule has 0 aliphatic carbocycles. The molecule has 1 amide bonds. The van der Waals surface area contributed by atoms with Crippen LogP contribution in [-0.4, -0.2) is 44.5 Å². The Balaban J connectivity index is 1.73. The van der Waals surface area contributed by atoms with E-state index in [2.05, 4.69) is 10.5 Å². The van der Waals surface area contributed by atoms with E-state index >= 15 is 0 Å². The van der Waals surface area contributed by atoms with Crippen LogP contribution in [0.4, 0.5) is 10.1 Å². The Morgan fingerprint density at radius 1 is 1.25 bits per heavy atom. The van der Waals surface area contributed by atoms with Crippen molar-refractivity contribution < 1.29 is 22.4 Å². The highest BCUT2D eigenvalue weighted by atomic mass is 32.2. The minimum absolute atomic E-state index is 0.111. The number of benzene rings is 2. The quantitative estimate of drug-likeness (QED) is 0.828. The third kappa shape index (κ3) is 4.05. The van der Waals surface area contributed by atoms with Crippen LogP contribution in [0, 0.1) is 12.7 Å². The summed E-state index contributed by atoms with van der Waals surface area (Å²) < 4.78 is 39.3. The molecule has 0 saturated carbocycles. The van der Waals surface area contributed by atoms with E-state index in [1.165, 1.54) is 32.3 Å². The molecule has 7 nitrogen and oxygen atoms in total. The van der Waals surface area contributed by atoms with Crippen molar-refractivity contribution in [1.29, 1.82) is 0 Å². The second-order valence-corrected chi connectivity index (χ2v) is 8.72. The molecule has 1 unspecified atom stereocenters. The van der Waals surface area contributed by atoms with E-state index in [0.717, 1.165) is 4.31 Å². The number of nitrogens with zero attached hydrogens (tertiary/aromatic N) is 2. The number of oxime groups is 1. The molecule has 1 aliphatic heterocycles. The summed E-state index contributed by atoms with van der Waals surface area (Å²) in [6.07, 6.45) is -0.697. The van der Waals surface area contributed by atoms with Crippen LogP contribution in [-0.2, 0) is 19.7 Å². The van der Waals surface area contributed by atoms with Gasteiger partial charge in [0.25, 0.3) is 5.91 Å². The standard InChI is InChI=1S/C19H20FN3O4S/c1-12-7-8-15(10-18(12)28(25,26)23(2)3)21-19(24)17-11-16(22-27-17)13-5-4-6-14(20)9-13/h4-10,17H,11H2,1-3H3,(H,21,24). The highest BCUT2D eigenvalue weighted by Gasteiger charge is 2.29. The number of hydrogen-bond donors (Lipinski definition) is 1. The van der Waals surface area contributed by atoms with Crippen LogP contribution >= 0.6 is 0 Å². The first-order valence-electron chi connectivity index (χ1n) is 8.51. The van der Waals surface area contributed by atoms with Gasteiger partial charge in [-0.15, -0.1) is 0 Å². The lowest BCUT2D eigenvalue weighted by atomic mass is 10.0. The van der Waals surface area contributed by atoms with E-state index in [0.29, 0.717) is 22.5 Å². The summed E-state index contributed by atoms with van der Waals surface area (Å²) in [5.74, 6) is -0.866. The first-order valence-corrected chi connectivity index (χ1v) is 9.95. The molecule has 0 radical (unpaired) electrons. The van der Waals surface area contributed by atoms with Crippen molar-refractivity contribution in [3.05, 3.63) is 59.4 Å². The zero-order valence-corrected chi connectivity index (χ0v) is 16.5. The van der Waals surface area contributed by atoms with Crippen LogP contribution < -0.4 is 5.32 Å². The van der Waals surface area contributed by atoms with Gasteiger partial charge in [0.15, 0.2) is 0 Å². The Labute approximate surface area is 162 Å². The number of amides is 1. The Kier molecular flexibility index (Phi) is 5.48. The molecule has 1 heterocycles. The number of carbonyl (C=O) groups is 1. The smallest absolute Gasteiger partial charge is 0.268 e. The van der Waals surface area contributed by atoms with Crippen molar-refractivity contribution in [3.8, 4) is 0 Å². The maximum atomic E-state index is 13.4. The Morgan fingerprint density at radius 3 is 2.68 bits per heavy atom. The van der Waals surface area contributed by atoms with Gasteiger partial charge in [0.2, 0.25) is 16.1 Å². The van der Waals surface area contributed by atoms with E-state index in [1.54, 1.807) is 31.2 Å². The molecule has 0 bridgehead atoms. The lowest BCUT2D eigenvalue weighted by Gasteiger charge is -2.15. The van der Waals surface area contributed by atoms with Gasteiger partial charge in [0.1, 0.15) is 5.82 Å². The van der Waals surface area contributed by atoms with Crippen LogP contribution in [0.1, 0.15) is 17.5 Å². The van der Waals surface area contributed by atoms with E-state index in [-0.39, 0.29) is 11.3 Å². The predicted octanol–water partition coefficient (Wildman–Crippen LogP) is 2.52. The summed E-state index contributed by atoms with van der Waals surface area (Å²) in [5.41, 5.74) is 1.92. The molecule has 28 heavy (non-hydrogen) atoms. The van der Waals surface area contributed by atoms with E-state index in [1.807, 2.05) is 0 Å². The maximum Gasteiger partial charge on any atom is 0.268 e. The number of carbonyl (C=O) groups excluding carboxylic acids is 1. The highest BCUT2D eigenvalue weighted by molar-refractivity contribution is 7.89. The summed E-state index contributed by atoms with van der Waals surface area (Å²) >= 11 is 0. The fraction of sp³-hybridized carbons (Fsp3) is 0.263. The van der Waals surface area contributed by atoms with Gasteiger partial charge in [-0.25, -0.2) is 17.1 Å². The molecule has 2 aromatic rings. The number of nitrogens with one attached hydrogen (secondary N) is 1. The van der Waals surface area contributed by atoms with Crippen LogP contribution in [0.25, 0.3) is 0 Å². The topological polar surface area (TPSA) is 88.1 Å². The second kappa shape index (κ2) is 7.69. The number of halogens is 1. The average molecular weight is 405 g/mol.